The first-order valence-corrected chi connectivity index (χ1v) is 8.98. The quantitative estimate of drug-likeness (QED) is 0.804. The Labute approximate surface area is 166 Å². The Morgan fingerprint density at radius 1 is 1.21 bits per heavy atom. The number of rotatable bonds is 3. The Balaban J connectivity index is 2.16. The molecule has 1 aromatic rings. The molecule has 0 bridgehead atoms. The number of hydrogen-bond acceptors (Lipinski definition) is 7. The van der Waals surface area contributed by atoms with E-state index in [2.05, 4.69) is 15.3 Å². The third-order valence-electron chi connectivity index (χ3n) is 3.81. The minimum atomic E-state index is -4.54. The van der Waals surface area contributed by atoms with Crippen LogP contribution in [0.15, 0.2) is 12.4 Å². The van der Waals surface area contributed by atoms with Crippen LogP contribution in [-0.4, -0.2) is 65.1 Å². The molecular weight excluding hydrogens is 395 g/mol. The zero-order valence-electron chi connectivity index (χ0n) is 16.6. The number of carbonyl (C=O) groups excluding carboxylic acids is 2. The maximum absolute atomic E-state index is 12.7. The molecule has 162 valence electrons. The van der Waals surface area contributed by atoms with Crippen molar-refractivity contribution in [3.05, 3.63) is 18.0 Å². The lowest BCUT2D eigenvalue weighted by Crippen LogP contribution is -2.62. The minimum absolute atomic E-state index is 0.0451. The Kier molecular flexibility index (Phi) is 6.75. The Bertz CT molecular complexity index is 721. The van der Waals surface area contributed by atoms with Gasteiger partial charge in [0.25, 0.3) is 0 Å². The summed E-state index contributed by atoms with van der Waals surface area (Å²) in [6, 6.07) is 0. The van der Waals surface area contributed by atoms with Crippen molar-refractivity contribution in [2.24, 2.45) is 0 Å². The molecule has 9 nitrogen and oxygen atoms in total. The van der Waals surface area contributed by atoms with E-state index in [0.717, 1.165) is 0 Å². The summed E-state index contributed by atoms with van der Waals surface area (Å²) in [7, 11) is 0. The Hall–Kier alpha value is -2.79. The Morgan fingerprint density at radius 2 is 1.83 bits per heavy atom. The highest BCUT2D eigenvalue weighted by atomic mass is 19.4. The van der Waals surface area contributed by atoms with E-state index in [1.165, 1.54) is 4.90 Å². The molecule has 2 amide bonds. The predicted molar refractivity (Wildman–Crippen MR) is 96.1 cm³/mol. The summed E-state index contributed by atoms with van der Waals surface area (Å²) in [6.07, 6.45) is -5.37. The number of hydrogen-bond donors (Lipinski definition) is 1. The first-order chi connectivity index (χ1) is 13.4. The van der Waals surface area contributed by atoms with Crippen LogP contribution < -0.4 is 10.2 Å². The van der Waals surface area contributed by atoms with Crippen molar-refractivity contribution in [2.45, 2.75) is 45.6 Å². The van der Waals surface area contributed by atoms with Crippen molar-refractivity contribution < 1.29 is 32.2 Å². The monoisotopic (exact) mass is 419 g/mol. The summed E-state index contributed by atoms with van der Waals surface area (Å²) in [4.78, 5) is 34.8. The number of amides is 2. The number of piperazine rings is 1. The molecule has 0 spiro atoms. The molecule has 1 unspecified atom stereocenters. The molecule has 2 heterocycles. The van der Waals surface area contributed by atoms with Gasteiger partial charge in [0.05, 0.1) is 18.7 Å². The maximum Gasteiger partial charge on any atom is 0.419 e. The van der Waals surface area contributed by atoms with Gasteiger partial charge in [0.1, 0.15) is 11.8 Å². The summed E-state index contributed by atoms with van der Waals surface area (Å²) >= 11 is 0. The third-order valence-corrected chi connectivity index (χ3v) is 3.81. The van der Waals surface area contributed by atoms with Crippen molar-refractivity contribution in [2.75, 3.05) is 31.1 Å². The van der Waals surface area contributed by atoms with Crippen molar-refractivity contribution in [1.29, 1.82) is 0 Å². The first-order valence-electron chi connectivity index (χ1n) is 8.98. The molecule has 1 aromatic heterocycles. The van der Waals surface area contributed by atoms with E-state index in [1.807, 2.05) is 0 Å². The van der Waals surface area contributed by atoms with Crippen LogP contribution in [0.2, 0.25) is 0 Å². The molecule has 0 saturated carbocycles. The molecule has 2 rings (SSSR count). The van der Waals surface area contributed by atoms with Gasteiger partial charge in [-0.25, -0.2) is 19.6 Å². The van der Waals surface area contributed by atoms with Gasteiger partial charge in [0.2, 0.25) is 5.95 Å². The van der Waals surface area contributed by atoms with E-state index >= 15 is 0 Å². The van der Waals surface area contributed by atoms with E-state index in [-0.39, 0.29) is 32.2 Å². The highest BCUT2D eigenvalue weighted by Gasteiger charge is 2.35. The molecule has 12 heteroatoms. The molecule has 1 fully saturated rings. The van der Waals surface area contributed by atoms with Crippen LogP contribution >= 0.6 is 0 Å². The highest BCUT2D eigenvalue weighted by molar-refractivity contribution is 5.72. The number of nitrogens with zero attached hydrogens (tertiary/aromatic N) is 4. The second-order valence-corrected chi connectivity index (χ2v) is 7.27. The summed E-state index contributed by atoms with van der Waals surface area (Å²) < 4.78 is 48.3. The lowest BCUT2D eigenvalue weighted by Gasteiger charge is -2.40. The number of alkyl carbamates (subject to hydrolysis) is 1. The van der Waals surface area contributed by atoms with Crippen LogP contribution in [0.25, 0.3) is 0 Å². The van der Waals surface area contributed by atoms with Crippen molar-refractivity contribution in [3.8, 4) is 0 Å². The number of anilines is 1. The van der Waals surface area contributed by atoms with Gasteiger partial charge < -0.3 is 14.4 Å². The van der Waals surface area contributed by atoms with Gasteiger partial charge in [-0.05, 0) is 27.7 Å². The number of nitrogens with one attached hydrogen (secondary N) is 1. The number of ether oxygens (including phenoxy) is 2. The van der Waals surface area contributed by atoms with Gasteiger partial charge in [-0.1, -0.05) is 0 Å². The molecule has 0 aromatic carbocycles. The number of halogens is 3. The predicted octanol–water partition coefficient (Wildman–Crippen LogP) is 2.62. The van der Waals surface area contributed by atoms with Crippen LogP contribution in [-0.2, 0) is 15.7 Å². The van der Waals surface area contributed by atoms with Crippen molar-refractivity contribution in [1.82, 2.24) is 20.2 Å². The average Bonchev–Trinajstić information content (AvgIpc) is 2.59. The van der Waals surface area contributed by atoms with E-state index in [0.29, 0.717) is 12.4 Å². The zero-order chi connectivity index (χ0) is 21.8. The topological polar surface area (TPSA) is 96.9 Å². The number of aromatic nitrogens is 2. The molecule has 0 radical (unpaired) electrons. The van der Waals surface area contributed by atoms with Gasteiger partial charge in [-0.15, -0.1) is 0 Å². The smallest absolute Gasteiger partial charge is 0.419 e. The molecule has 0 aliphatic carbocycles. The number of alkyl halides is 3. The Morgan fingerprint density at radius 3 is 2.34 bits per heavy atom. The van der Waals surface area contributed by atoms with E-state index < -0.39 is 35.7 Å². The molecule has 1 atom stereocenters. The largest absolute Gasteiger partial charge is 0.450 e. The van der Waals surface area contributed by atoms with Gasteiger partial charge in [0.15, 0.2) is 0 Å². The van der Waals surface area contributed by atoms with Crippen molar-refractivity contribution in [3.63, 3.8) is 0 Å². The van der Waals surface area contributed by atoms with E-state index in [1.54, 1.807) is 32.6 Å². The fraction of sp³-hybridized carbons (Fsp3) is 0.647. The molecular formula is C17H24F3N5O4. The molecule has 1 N–H and O–H groups in total. The standard InChI is InChI=1S/C17H24F3N5O4/c1-5-28-15(27)25-7-6-24(10-12(25)23-14(26)29-16(2,3)4)13-21-8-11(9-22-13)17(18,19)20/h8-9,12H,5-7,10H2,1-4H3,(H,23,26). The van der Waals surface area contributed by atoms with Crippen LogP contribution in [0.5, 0.6) is 0 Å². The molecule has 29 heavy (non-hydrogen) atoms. The number of carbonyl (C=O) groups is 2. The minimum Gasteiger partial charge on any atom is -0.450 e. The van der Waals surface area contributed by atoms with Crippen LogP contribution in [0.3, 0.4) is 0 Å². The first kappa shape index (κ1) is 22.5. The highest BCUT2D eigenvalue weighted by Crippen LogP contribution is 2.28. The van der Waals surface area contributed by atoms with E-state index in [4.69, 9.17) is 9.47 Å². The third kappa shape index (κ3) is 6.36. The fourth-order valence-corrected chi connectivity index (χ4v) is 2.59. The van der Waals surface area contributed by atoms with Crippen LogP contribution in [0.1, 0.15) is 33.3 Å². The van der Waals surface area contributed by atoms with Crippen molar-refractivity contribution >= 4 is 18.1 Å². The van der Waals surface area contributed by atoms with Crippen LogP contribution in [0.4, 0.5) is 28.7 Å². The van der Waals surface area contributed by atoms with Gasteiger partial charge in [-0.2, -0.15) is 13.2 Å². The second kappa shape index (κ2) is 8.70. The summed E-state index contributed by atoms with van der Waals surface area (Å²) in [5.41, 5.74) is -1.71. The lowest BCUT2D eigenvalue weighted by molar-refractivity contribution is -0.138. The summed E-state index contributed by atoms with van der Waals surface area (Å²) in [5, 5.41) is 2.59. The zero-order valence-corrected chi connectivity index (χ0v) is 16.6. The van der Waals surface area contributed by atoms with E-state index in [9.17, 15) is 22.8 Å². The molecule has 1 saturated heterocycles. The average molecular weight is 419 g/mol. The van der Waals surface area contributed by atoms with Gasteiger partial charge in [-0.3, -0.25) is 10.2 Å². The SMILES string of the molecule is CCOC(=O)N1CCN(c2ncc(C(F)(F)F)cn2)CC1NC(=O)OC(C)(C)C. The summed E-state index contributed by atoms with van der Waals surface area (Å²) in [6.45, 7) is 7.32. The maximum atomic E-state index is 12.7. The second-order valence-electron chi connectivity index (χ2n) is 7.27. The van der Waals surface area contributed by atoms with Crippen LogP contribution in [0, 0.1) is 0 Å². The van der Waals surface area contributed by atoms with Gasteiger partial charge in [0, 0.05) is 25.5 Å². The molecule has 1 aliphatic heterocycles. The fourth-order valence-electron chi connectivity index (χ4n) is 2.59. The lowest BCUT2D eigenvalue weighted by atomic mass is 10.2. The van der Waals surface area contributed by atoms with Gasteiger partial charge >= 0.3 is 18.4 Å². The summed E-state index contributed by atoms with van der Waals surface area (Å²) in [5.74, 6) is 0.0532. The molecule has 1 aliphatic rings. The normalized spacial score (nSPS) is 17.7.